The van der Waals surface area contributed by atoms with Crippen molar-refractivity contribution >= 4 is 15.5 Å². The zero-order valence-corrected chi connectivity index (χ0v) is 10.4. The molecule has 1 rings (SSSR count). The number of benzene rings is 1. The molecule has 0 aliphatic rings. The van der Waals surface area contributed by atoms with Crippen LogP contribution in [-0.4, -0.2) is 30.3 Å². The van der Waals surface area contributed by atoms with E-state index in [2.05, 4.69) is 5.16 Å². The van der Waals surface area contributed by atoms with Crippen molar-refractivity contribution in [3.05, 3.63) is 35.6 Å². The molecule has 0 aromatic heterocycles. The Kier molecular flexibility index (Phi) is 4.22. The van der Waals surface area contributed by atoms with Gasteiger partial charge in [-0.2, -0.15) is 0 Å². The summed E-state index contributed by atoms with van der Waals surface area (Å²) >= 11 is 0. The van der Waals surface area contributed by atoms with E-state index in [9.17, 15) is 12.8 Å². The fourth-order valence-electron chi connectivity index (χ4n) is 1.44. The largest absolute Gasteiger partial charge is 0.411 e. The molecule has 1 aromatic rings. The number of sulfone groups is 1. The molecule has 0 aliphatic heterocycles. The molecule has 0 bridgehead atoms. The molecule has 0 radical (unpaired) electrons. The maximum atomic E-state index is 13.5. The zero-order chi connectivity index (χ0) is 13.1. The zero-order valence-electron chi connectivity index (χ0n) is 9.59. The first-order valence-corrected chi connectivity index (χ1v) is 6.84. The Morgan fingerprint density at radius 1 is 1.47 bits per heavy atom. The minimum atomic E-state index is -3.43. The maximum Gasteiger partial charge on any atom is 0.158 e. The summed E-state index contributed by atoms with van der Waals surface area (Å²) in [4.78, 5) is 0. The Labute approximate surface area is 99.7 Å². The van der Waals surface area contributed by atoms with Crippen LogP contribution >= 0.6 is 0 Å². The third-order valence-electron chi connectivity index (χ3n) is 2.58. The number of rotatable bonds is 4. The lowest BCUT2D eigenvalue weighted by Crippen LogP contribution is -2.30. The standard InChI is InChI=1S/C11H14FNO3S/c1-3-17(15,16)8(2)11(13-14)9-6-4-5-7-10(9)12/h4-8,14H,3H2,1-2H3/b13-11+/t8-/m0/s1. The fourth-order valence-corrected chi connectivity index (χ4v) is 2.46. The van der Waals surface area contributed by atoms with Crippen LogP contribution in [0.3, 0.4) is 0 Å². The molecule has 94 valence electrons. The van der Waals surface area contributed by atoms with Crippen molar-refractivity contribution in [1.82, 2.24) is 0 Å². The molecule has 17 heavy (non-hydrogen) atoms. The Hall–Kier alpha value is -1.43. The molecule has 0 saturated heterocycles. The van der Waals surface area contributed by atoms with Crippen molar-refractivity contribution in [2.45, 2.75) is 19.1 Å². The molecule has 0 aliphatic carbocycles. The lowest BCUT2D eigenvalue weighted by atomic mass is 10.1. The van der Waals surface area contributed by atoms with Crippen molar-refractivity contribution in [3.8, 4) is 0 Å². The Morgan fingerprint density at radius 3 is 2.53 bits per heavy atom. The first-order valence-electron chi connectivity index (χ1n) is 5.12. The van der Waals surface area contributed by atoms with E-state index >= 15 is 0 Å². The molecule has 0 unspecified atom stereocenters. The molecule has 0 spiro atoms. The van der Waals surface area contributed by atoms with Gasteiger partial charge in [0.25, 0.3) is 0 Å². The topological polar surface area (TPSA) is 66.7 Å². The molecule has 0 amide bonds. The van der Waals surface area contributed by atoms with Crippen molar-refractivity contribution in [2.24, 2.45) is 5.16 Å². The fraction of sp³-hybridized carbons (Fsp3) is 0.364. The Morgan fingerprint density at radius 2 is 2.06 bits per heavy atom. The van der Waals surface area contributed by atoms with Gasteiger partial charge in [0.05, 0.1) is 0 Å². The van der Waals surface area contributed by atoms with Crippen LogP contribution in [0.4, 0.5) is 4.39 Å². The Balaban J connectivity index is 3.24. The van der Waals surface area contributed by atoms with Gasteiger partial charge in [-0.25, -0.2) is 12.8 Å². The van der Waals surface area contributed by atoms with Gasteiger partial charge in [-0.15, -0.1) is 0 Å². The van der Waals surface area contributed by atoms with Crippen LogP contribution in [0.15, 0.2) is 29.4 Å². The average molecular weight is 259 g/mol. The summed E-state index contributed by atoms with van der Waals surface area (Å²) in [6, 6.07) is 5.60. The van der Waals surface area contributed by atoms with Gasteiger partial charge in [0, 0.05) is 11.3 Å². The summed E-state index contributed by atoms with van der Waals surface area (Å²) in [5.41, 5.74) is -0.176. The van der Waals surface area contributed by atoms with Gasteiger partial charge in [0.2, 0.25) is 0 Å². The number of nitrogens with zero attached hydrogens (tertiary/aromatic N) is 1. The highest BCUT2D eigenvalue weighted by Crippen LogP contribution is 2.15. The van der Waals surface area contributed by atoms with Crippen LogP contribution in [0.5, 0.6) is 0 Å². The van der Waals surface area contributed by atoms with Crippen molar-refractivity contribution in [3.63, 3.8) is 0 Å². The number of hydrogen-bond donors (Lipinski definition) is 1. The first-order chi connectivity index (χ1) is 7.94. The van der Waals surface area contributed by atoms with E-state index in [4.69, 9.17) is 5.21 Å². The van der Waals surface area contributed by atoms with E-state index < -0.39 is 20.9 Å². The van der Waals surface area contributed by atoms with Gasteiger partial charge in [-0.3, -0.25) is 0 Å². The second kappa shape index (κ2) is 5.27. The highest BCUT2D eigenvalue weighted by molar-refractivity contribution is 7.92. The Bertz CT molecular complexity index is 525. The molecule has 0 fully saturated rings. The quantitative estimate of drug-likeness (QED) is 0.509. The van der Waals surface area contributed by atoms with Crippen LogP contribution in [0.2, 0.25) is 0 Å². The third kappa shape index (κ3) is 2.82. The highest BCUT2D eigenvalue weighted by Gasteiger charge is 2.27. The van der Waals surface area contributed by atoms with E-state index in [0.717, 1.165) is 0 Å². The summed E-state index contributed by atoms with van der Waals surface area (Å²) < 4.78 is 36.8. The molecular weight excluding hydrogens is 245 g/mol. The van der Waals surface area contributed by atoms with Gasteiger partial charge in [-0.05, 0) is 13.0 Å². The smallest absolute Gasteiger partial charge is 0.158 e. The average Bonchev–Trinajstić information content (AvgIpc) is 2.32. The van der Waals surface area contributed by atoms with Gasteiger partial charge in [0.15, 0.2) is 9.84 Å². The van der Waals surface area contributed by atoms with Gasteiger partial charge in [-0.1, -0.05) is 30.3 Å². The minimum Gasteiger partial charge on any atom is -0.411 e. The summed E-state index contributed by atoms with van der Waals surface area (Å²) in [5.74, 6) is -0.708. The summed E-state index contributed by atoms with van der Waals surface area (Å²) in [7, 11) is -3.43. The second-order valence-electron chi connectivity index (χ2n) is 3.56. The number of oxime groups is 1. The molecule has 1 N–H and O–H groups in total. The normalized spacial score (nSPS) is 14.6. The van der Waals surface area contributed by atoms with Crippen LogP contribution in [0.1, 0.15) is 19.4 Å². The third-order valence-corrected chi connectivity index (χ3v) is 4.69. The lowest BCUT2D eigenvalue weighted by molar-refractivity contribution is 0.318. The van der Waals surface area contributed by atoms with Gasteiger partial charge in [0.1, 0.15) is 16.8 Å². The number of halogens is 1. The summed E-state index contributed by atoms with van der Waals surface area (Å²) in [5, 5.41) is 10.8. The van der Waals surface area contributed by atoms with E-state index in [-0.39, 0.29) is 17.0 Å². The van der Waals surface area contributed by atoms with E-state index in [1.54, 1.807) is 6.07 Å². The van der Waals surface area contributed by atoms with Crippen molar-refractivity contribution in [1.29, 1.82) is 0 Å². The predicted octanol–water partition coefficient (Wildman–Crippen LogP) is 1.83. The number of hydrogen-bond acceptors (Lipinski definition) is 4. The summed E-state index contributed by atoms with van der Waals surface area (Å²) in [6.45, 7) is 2.86. The predicted molar refractivity (Wildman–Crippen MR) is 63.6 cm³/mol. The van der Waals surface area contributed by atoms with Crippen molar-refractivity contribution < 1.29 is 18.0 Å². The van der Waals surface area contributed by atoms with E-state index in [1.165, 1.54) is 32.0 Å². The first kappa shape index (κ1) is 13.6. The lowest BCUT2D eigenvalue weighted by Gasteiger charge is -2.13. The van der Waals surface area contributed by atoms with Gasteiger partial charge < -0.3 is 5.21 Å². The van der Waals surface area contributed by atoms with Crippen LogP contribution in [-0.2, 0) is 9.84 Å². The van der Waals surface area contributed by atoms with Gasteiger partial charge >= 0.3 is 0 Å². The second-order valence-corrected chi connectivity index (χ2v) is 6.17. The molecule has 6 heteroatoms. The molecule has 4 nitrogen and oxygen atoms in total. The SMILES string of the molecule is CCS(=O)(=O)[C@@H](C)/C(=N\O)c1ccccc1F. The molecular formula is C11H14FNO3S. The maximum absolute atomic E-state index is 13.5. The van der Waals surface area contributed by atoms with Crippen molar-refractivity contribution in [2.75, 3.05) is 5.75 Å². The van der Waals surface area contributed by atoms with E-state index in [0.29, 0.717) is 0 Å². The van der Waals surface area contributed by atoms with E-state index in [1.807, 2.05) is 0 Å². The highest BCUT2D eigenvalue weighted by atomic mass is 32.2. The van der Waals surface area contributed by atoms with Crippen LogP contribution in [0.25, 0.3) is 0 Å². The van der Waals surface area contributed by atoms with Crippen LogP contribution < -0.4 is 0 Å². The molecule has 1 atom stereocenters. The monoisotopic (exact) mass is 259 g/mol. The summed E-state index contributed by atoms with van der Waals surface area (Å²) in [6.07, 6.45) is 0. The molecule has 0 heterocycles. The molecule has 1 aromatic carbocycles. The minimum absolute atomic E-state index is 0.000440. The van der Waals surface area contributed by atoms with Crippen LogP contribution in [0, 0.1) is 5.82 Å². The molecule has 0 saturated carbocycles.